The molecule has 0 aromatic rings. The summed E-state index contributed by atoms with van der Waals surface area (Å²) in [6, 6.07) is 0. The molecule has 1 N–H and O–H groups in total. The van der Waals surface area contributed by atoms with E-state index in [9.17, 15) is 13.5 Å². The van der Waals surface area contributed by atoms with Crippen LogP contribution in [0.3, 0.4) is 0 Å². The molecular formula is C10H20O4S. The zero-order valence-electron chi connectivity index (χ0n) is 9.24. The van der Waals surface area contributed by atoms with Crippen molar-refractivity contribution in [2.75, 3.05) is 31.3 Å². The Hall–Kier alpha value is -0.130. The topological polar surface area (TPSA) is 63.6 Å². The van der Waals surface area contributed by atoms with Gasteiger partial charge in [-0.2, -0.15) is 0 Å². The van der Waals surface area contributed by atoms with E-state index < -0.39 is 9.84 Å². The quantitative estimate of drug-likeness (QED) is 0.733. The summed E-state index contributed by atoms with van der Waals surface area (Å²) in [6.45, 7) is 3.01. The highest BCUT2D eigenvalue weighted by molar-refractivity contribution is 7.91. The second kappa shape index (κ2) is 5.27. The first-order chi connectivity index (χ1) is 7.04. The molecule has 0 radical (unpaired) electrons. The number of aliphatic hydroxyl groups excluding tert-OH is 1. The first-order valence-corrected chi connectivity index (χ1v) is 7.25. The Morgan fingerprint density at radius 1 is 1.47 bits per heavy atom. The summed E-state index contributed by atoms with van der Waals surface area (Å²) in [4.78, 5) is 0. The Morgan fingerprint density at radius 3 is 2.67 bits per heavy atom. The molecule has 1 atom stereocenters. The zero-order chi connectivity index (χ0) is 11.4. The summed E-state index contributed by atoms with van der Waals surface area (Å²) >= 11 is 0. The van der Waals surface area contributed by atoms with Crippen molar-refractivity contribution in [2.24, 2.45) is 5.41 Å². The predicted octanol–water partition coefficient (Wildman–Crippen LogP) is 0.600. The number of sulfone groups is 1. The van der Waals surface area contributed by atoms with Crippen LogP contribution in [0.4, 0.5) is 0 Å². The molecule has 0 saturated carbocycles. The lowest BCUT2D eigenvalue weighted by atomic mass is 9.84. The smallest absolute Gasteiger partial charge is 0.150 e. The third kappa shape index (κ3) is 3.74. The molecular weight excluding hydrogens is 216 g/mol. The lowest BCUT2D eigenvalue weighted by molar-refractivity contribution is 0.0860. The minimum absolute atomic E-state index is 0.0964. The Bertz CT molecular complexity index is 278. The van der Waals surface area contributed by atoms with Crippen molar-refractivity contribution < 1.29 is 18.3 Å². The van der Waals surface area contributed by atoms with E-state index in [-0.39, 0.29) is 23.5 Å². The molecule has 0 amide bonds. The largest absolute Gasteiger partial charge is 0.396 e. The van der Waals surface area contributed by atoms with Crippen molar-refractivity contribution in [1.82, 2.24) is 0 Å². The summed E-state index contributed by atoms with van der Waals surface area (Å²) in [5.74, 6) is 0.431. The second-order valence-corrected chi connectivity index (χ2v) is 6.77. The number of ether oxygens (including phenoxy) is 1. The van der Waals surface area contributed by atoms with Gasteiger partial charge in [-0.15, -0.1) is 0 Å². The van der Waals surface area contributed by atoms with Crippen molar-refractivity contribution in [3.05, 3.63) is 0 Å². The molecule has 0 aromatic carbocycles. The highest BCUT2D eigenvalue weighted by Gasteiger charge is 2.33. The highest BCUT2D eigenvalue weighted by atomic mass is 32.2. The van der Waals surface area contributed by atoms with Gasteiger partial charge in [-0.25, -0.2) is 8.42 Å². The minimum atomic E-state index is -2.87. The van der Waals surface area contributed by atoms with E-state index in [1.54, 1.807) is 6.92 Å². The molecule has 4 nitrogen and oxygen atoms in total. The van der Waals surface area contributed by atoms with Gasteiger partial charge in [-0.1, -0.05) is 6.92 Å². The van der Waals surface area contributed by atoms with E-state index in [1.807, 2.05) is 0 Å². The first kappa shape index (κ1) is 12.9. The molecule has 0 aliphatic carbocycles. The Labute approximate surface area is 91.6 Å². The summed E-state index contributed by atoms with van der Waals surface area (Å²) in [7, 11) is -2.87. The van der Waals surface area contributed by atoms with Crippen LogP contribution < -0.4 is 0 Å². The molecule has 90 valence electrons. The molecule has 0 bridgehead atoms. The molecule has 1 fully saturated rings. The number of hydrogen-bond donors (Lipinski definition) is 1. The van der Waals surface area contributed by atoms with E-state index in [1.165, 1.54) is 0 Å². The van der Waals surface area contributed by atoms with E-state index in [4.69, 9.17) is 4.74 Å². The molecule has 1 saturated heterocycles. The van der Waals surface area contributed by atoms with Crippen molar-refractivity contribution in [1.29, 1.82) is 0 Å². The van der Waals surface area contributed by atoms with Crippen molar-refractivity contribution >= 4 is 9.84 Å². The van der Waals surface area contributed by atoms with Crippen LogP contribution in [0, 0.1) is 5.41 Å². The fraction of sp³-hybridized carbons (Fsp3) is 1.00. The molecule has 1 aliphatic heterocycles. The zero-order valence-corrected chi connectivity index (χ0v) is 10.1. The molecule has 1 rings (SSSR count). The lowest BCUT2D eigenvalue weighted by Gasteiger charge is -2.24. The van der Waals surface area contributed by atoms with Gasteiger partial charge >= 0.3 is 0 Å². The van der Waals surface area contributed by atoms with Crippen LogP contribution in [0.5, 0.6) is 0 Å². The Morgan fingerprint density at radius 2 is 2.20 bits per heavy atom. The molecule has 1 unspecified atom stereocenters. The summed E-state index contributed by atoms with van der Waals surface area (Å²) < 4.78 is 27.8. The van der Waals surface area contributed by atoms with Crippen LogP contribution in [0.15, 0.2) is 0 Å². The normalized spacial score (nSPS) is 27.1. The van der Waals surface area contributed by atoms with Gasteiger partial charge < -0.3 is 9.84 Å². The van der Waals surface area contributed by atoms with Gasteiger partial charge in [0.1, 0.15) is 9.84 Å². The summed E-state index contributed by atoms with van der Waals surface area (Å²) in [6.07, 6.45) is 2.21. The average molecular weight is 236 g/mol. The average Bonchev–Trinajstić information content (AvgIpc) is 2.67. The van der Waals surface area contributed by atoms with E-state index in [0.717, 1.165) is 12.8 Å². The van der Waals surface area contributed by atoms with Gasteiger partial charge in [0.05, 0.1) is 19.0 Å². The van der Waals surface area contributed by atoms with Crippen molar-refractivity contribution in [3.63, 3.8) is 0 Å². The first-order valence-electron chi connectivity index (χ1n) is 5.43. The summed E-state index contributed by atoms with van der Waals surface area (Å²) in [5, 5.41) is 9.27. The second-order valence-electron chi connectivity index (χ2n) is 4.30. The molecule has 0 aromatic heterocycles. The maximum Gasteiger partial charge on any atom is 0.150 e. The fourth-order valence-corrected chi connectivity index (χ4v) is 2.73. The Balaban J connectivity index is 2.36. The van der Waals surface area contributed by atoms with Crippen LogP contribution in [0.1, 0.15) is 26.2 Å². The standard InChI is InChI=1S/C10H20O4S/c1-2-15(12,13)7-3-4-10(8-11)5-6-14-9-10/h11H,2-9H2,1H3. The van der Waals surface area contributed by atoms with Crippen molar-refractivity contribution in [2.45, 2.75) is 26.2 Å². The van der Waals surface area contributed by atoms with E-state index >= 15 is 0 Å². The van der Waals surface area contributed by atoms with Crippen LogP contribution >= 0.6 is 0 Å². The van der Waals surface area contributed by atoms with Crippen LogP contribution in [0.2, 0.25) is 0 Å². The van der Waals surface area contributed by atoms with E-state index in [2.05, 4.69) is 0 Å². The summed E-state index contributed by atoms with van der Waals surface area (Å²) in [5.41, 5.74) is -0.177. The van der Waals surface area contributed by atoms with Gasteiger partial charge in [0.2, 0.25) is 0 Å². The van der Waals surface area contributed by atoms with Gasteiger partial charge in [0.15, 0.2) is 0 Å². The van der Waals surface area contributed by atoms with Crippen molar-refractivity contribution in [3.8, 4) is 0 Å². The maximum absolute atomic E-state index is 11.3. The van der Waals surface area contributed by atoms with Gasteiger partial charge in [-0.05, 0) is 19.3 Å². The van der Waals surface area contributed by atoms with Crippen LogP contribution in [-0.2, 0) is 14.6 Å². The SMILES string of the molecule is CCS(=O)(=O)CCCC1(CO)CCOC1. The monoisotopic (exact) mass is 236 g/mol. The lowest BCUT2D eigenvalue weighted by Crippen LogP contribution is -2.26. The number of hydrogen-bond acceptors (Lipinski definition) is 4. The molecule has 1 heterocycles. The van der Waals surface area contributed by atoms with Gasteiger partial charge in [0.25, 0.3) is 0 Å². The van der Waals surface area contributed by atoms with Crippen LogP contribution in [0.25, 0.3) is 0 Å². The molecule has 5 heteroatoms. The maximum atomic E-state index is 11.3. The van der Waals surface area contributed by atoms with Gasteiger partial charge in [-0.3, -0.25) is 0 Å². The molecule has 0 spiro atoms. The highest BCUT2D eigenvalue weighted by Crippen LogP contribution is 2.33. The predicted molar refractivity (Wildman–Crippen MR) is 58.5 cm³/mol. The van der Waals surface area contributed by atoms with Crippen LogP contribution in [-0.4, -0.2) is 44.9 Å². The number of aliphatic hydroxyl groups is 1. The van der Waals surface area contributed by atoms with Gasteiger partial charge in [0, 0.05) is 17.8 Å². The molecule has 1 aliphatic rings. The minimum Gasteiger partial charge on any atom is -0.396 e. The number of rotatable bonds is 6. The fourth-order valence-electron chi connectivity index (χ4n) is 1.86. The Kier molecular flexibility index (Phi) is 4.55. The third-order valence-electron chi connectivity index (χ3n) is 3.12. The third-order valence-corrected chi connectivity index (χ3v) is 4.91. The molecule has 15 heavy (non-hydrogen) atoms. The van der Waals surface area contributed by atoms with E-state index in [0.29, 0.717) is 19.6 Å².